The number of nitrogens with two attached hydrogens (primary N) is 1. The molecule has 6 heteroatoms. The van der Waals surface area contributed by atoms with Crippen molar-refractivity contribution in [2.45, 2.75) is 26.1 Å². The standard InChI is InChI=1S/C23H26N2O4/c1-17(20-9-6-12-28-20)24-15-23(26)25-14-19-10-11-21(22(13-19)27-2)29-16-18-7-4-3-5-8-18/h3-13,17,24H,14-16H2,1-2H3,(H,25,26)/p+1/t17-/m0/s1. The van der Waals surface area contributed by atoms with Crippen molar-refractivity contribution in [3.8, 4) is 11.5 Å². The van der Waals surface area contributed by atoms with Crippen molar-refractivity contribution < 1.29 is 24.0 Å². The van der Waals surface area contributed by atoms with Gasteiger partial charge in [0.15, 0.2) is 23.8 Å². The number of hydrogen-bond donors (Lipinski definition) is 2. The van der Waals surface area contributed by atoms with Crippen molar-refractivity contribution >= 4 is 5.91 Å². The van der Waals surface area contributed by atoms with Crippen molar-refractivity contribution in [3.63, 3.8) is 0 Å². The molecular weight excluding hydrogens is 368 g/mol. The van der Waals surface area contributed by atoms with Gasteiger partial charge in [0, 0.05) is 6.54 Å². The van der Waals surface area contributed by atoms with Crippen LogP contribution >= 0.6 is 0 Å². The molecular formula is C23H27N2O4+. The summed E-state index contributed by atoms with van der Waals surface area (Å²) in [6, 6.07) is 19.5. The summed E-state index contributed by atoms with van der Waals surface area (Å²) in [5.41, 5.74) is 2.03. The number of quaternary nitrogens is 1. The molecule has 3 aromatic rings. The summed E-state index contributed by atoms with van der Waals surface area (Å²) in [6.45, 7) is 3.23. The molecule has 0 spiro atoms. The van der Waals surface area contributed by atoms with E-state index in [9.17, 15) is 4.79 Å². The first-order valence-electron chi connectivity index (χ1n) is 9.63. The van der Waals surface area contributed by atoms with E-state index in [4.69, 9.17) is 13.9 Å². The fourth-order valence-corrected chi connectivity index (χ4v) is 2.90. The fourth-order valence-electron chi connectivity index (χ4n) is 2.90. The molecule has 0 unspecified atom stereocenters. The van der Waals surface area contributed by atoms with Crippen LogP contribution in [0.5, 0.6) is 11.5 Å². The topological polar surface area (TPSA) is 77.3 Å². The molecule has 0 aliphatic rings. The molecule has 1 atom stereocenters. The van der Waals surface area contributed by atoms with Crippen LogP contribution in [0.2, 0.25) is 0 Å². The van der Waals surface area contributed by atoms with Gasteiger partial charge in [-0.05, 0) is 42.3 Å². The van der Waals surface area contributed by atoms with Crippen LogP contribution in [0, 0.1) is 0 Å². The third-order valence-electron chi connectivity index (χ3n) is 4.60. The smallest absolute Gasteiger partial charge is 0.275 e. The molecule has 0 saturated heterocycles. The Balaban J connectivity index is 1.48. The molecule has 6 nitrogen and oxygen atoms in total. The molecule has 1 heterocycles. The summed E-state index contributed by atoms with van der Waals surface area (Å²) in [5.74, 6) is 2.14. The van der Waals surface area contributed by atoms with Gasteiger partial charge in [0.1, 0.15) is 12.6 Å². The molecule has 1 aromatic heterocycles. The van der Waals surface area contributed by atoms with E-state index in [1.54, 1.807) is 13.4 Å². The zero-order valence-corrected chi connectivity index (χ0v) is 16.8. The van der Waals surface area contributed by atoms with Crippen LogP contribution in [0.3, 0.4) is 0 Å². The van der Waals surface area contributed by atoms with Crippen molar-refractivity contribution in [1.29, 1.82) is 0 Å². The van der Waals surface area contributed by atoms with Gasteiger partial charge in [0.05, 0.1) is 13.4 Å². The number of amides is 1. The summed E-state index contributed by atoms with van der Waals surface area (Å²) in [6.07, 6.45) is 1.64. The summed E-state index contributed by atoms with van der Waals surface area (Å²) in [5, 5.41) is 4.87. The van der Waals surface area contributed by atoms with E-state index in [1.807, 2.05) is 72.9 Å². The zero-order valence-electron chi connectivity index (χ0n) is 16.8. The first kappa shape index (κ1) is 20.5. The molecule has 0 saturated carbocycles. The van der Waals surface area contributed by atoms with Crippen LogP contribution in [-0.4, -0.2) is 19.6 Å². The molecule has 29 heavy (non-hydrogen) atoms. The highest BCUT2D eigenvalue weighted by Gasteiger charge is 2.14. The number of carbonyl (C=O) groups excluding carboxylic acids is 1. The highest BCUT2D eigenvalue weighted by molar-refractivity contribution is 5.76. The maximum absolute atomic E-state index is 12.1. The molecule has 1 amide bonds. The first-order chi connectivity index (χ1) is 14.2. The lowest BCUT2D eigenvalue weighted by molar-refractivity contribution is -0.684. The van der Waals surface area contributed by atoms with E-state index in [2.05, 4.69) is 5.32 Å². The van der Waals surface area contributed by atoms with E-state index in [-0.39, 0.29) is 11.9 Å². The number of rotatable bonds is 10. The molecule has 0 bridgehead atoms. The third-order valence-corrected chi connectivity index (χ3v) is 4.60. The van der Waals surface area contributed by atoms with Crippen LogP contribution in [-0.2, 0) is 17.9 Å². The summed E-state index contributed by atoms with van der Waals surface area (Å²) in [7, 11) is 1.61. The number of hydrogen-bond acceptors (Lipinski definition) is 4. The fraction of sp³-hybridized carbons (Fsp3) is 0.261. The first-order valence-corrected chi connectivity index (χ1v) is 9.63. The highest BCUT2D eigenvalue weighted by atomic mass is 16.5. The van der Waals surface area contributed by atoms with E-state index < -0.39 is 0 Å². The molecule has 3 N–H and O–H groups in total. The predicted octanol–water partition coefficient (Wildman–Crippen LogP) is 2.81. The highest BCUT2D eigenvalue weighted by Crippen LogP contribution is 2.28. The lowest BCUT2D eigenvalue weighted by Gasteiger charge is -2.13. The number of furan rings is 1. The van der Waals surface area contributed by atoms with Gasteiger partial charge in [-0.3, -0.25) is 4.79 Å². The van der Waals surface area contributed by atoms with Crippen molar-refractivity contribution in [1.82, 2.24) is 5.32 Å². The Morgan fingerprint density at radius 2 is 1.90 bits per heavy atom. The summed E-state index contributed by atoms with van der Waals surface area (Å²) in [4.78, 5) is 12.1. The quantitative estimate of drug-likeness (QED) is 0.553. The molecule has 0 aliphatic carbocycles. The minimum atomic E-state index is -0.0354. The SMILES string of the molecule is COc1cc(CNC(=O)C[NH2+][C@@H](C)c2ccco2)ccc1OCc1ccccc1. The second-order valence-corrected chi connectivity index (χ2v) is 6.78. The zero-order chi connectivity index (χ0) is 20.5. The second kappa shape index (κ2) is 10.3. The summed E-state index contributed by atoms with van der Waals surface area (Å²) >= 11 is 0. The normalized spacial score (nSPS) is 11.7. The van der Waals surface area contributed by atoms with Gasteiger partial charge in [-0.15, -0.1) is 0 Å². The predicted molar refractivity (Wildman–Crippen MR) is 110 cm³/mol. The van der Waals surface area contributed by atoms with E-state index in [0.29, 0.717) is 31.2 Å². The lowest BCUT2D eigenvalue weighted by Crippen LogP contribution is -2.86. The van der Waals surface area contributed by atoms with Crippen LogP contribution < -0.4 is 20.1 Å². The largest absolute Gasteiger partial charge is 0.493 e. The maximum atomic E-state index is 12.1. The minimum absolute atomic E-state index is 0.0354. The molecule has 0 radical (unpaired) electrons. The number of benzene rings is 2. The summed E-state index contributed by atoms with van der Waals surface area (Å²) < 4.78 is 16.7. The Labute approximate surface area is 170 Å². The number of methoxy groups -OCH3 is 1. The second-order valence-electron chi connectivity index (χ2n) is 6.78. The van der Waals surface area contributed by atoms with E-state index in [0.717, 1.165) is 16.9 Å². The van der Waals surface area contributed by atoms with Gasteiger partial charge >= 0.3 is 0 Å². The Kier molecular flexibility index (Phi) is 7.30. The van der Waals surface area contributed by atoms with Crippen molar-refractivity contribution in [3.05, 3.63) is 83.8 Å². The Morgan fingerprint density at radius 1 is 1.07 bits per heavy atom. The molecule has 152 valence electrons. The molecule has 0 aliphatic heterocycles. The number of carbonyl (C=O) groups is 1. The third kappa shape index (κ3) is 6.12. The Bertz CT molecular complexity index is 895. The average Bonchev–Trinajstić information content (AvgIpc) is 3.30. The van der Waals surface area contributed by atoms with Crippen LogP contribution in [0.25, 0.3) is 0 Å². The number of ether oxygens (including phenoxy) is 2. The van der Waals surface area contributed by atoms with Crippen molar-refractivity contribution in [2.24, 2.45) is 0 Å². The molecule has 0 fully saturated rings. The Morgan fingerprint density at radius 3 is 2.62 bits per heavy atom. The Hall–Kier alpha value is -3.25. The van der Waals surface area contributed by atoms with Gasteiger partial charge in [0.2, 0.25) is 0 Å². The number of nitrogens with one attached hydrogen (secondary N) is 1. The van der Waals surface area contributed by atoms with Gasteiger partial charge in [0.25, 0.3) is 5.91 Å². The minimum Gasteiger partial charge on any atom is -0.493 e. The average molecular weight is 395 g/mol. The van der Waals surface area contributed by atoms with Gasteiger partial charge in [-0.25, -0.2) is 0 Å². The van der Waals surface area contributed by atoms with Crippen LogP contribution in [0.15, 0.2) is 71.3 Å². The van der Waals surface area contributed by atoms with Gasteiger partial charge < -0.3 is 24.5 Å². The van der Waals surface area contributed by atoms with Crippen LogP contribution in [0.4, 0.5) is 0 Å². The molecule has 2 aromatic carbocycles. The van der Waals surface area contributed by atoms with Gasteiger partial charge in [-0.2, -0.15) is 0 Å². The maximum Gasteiger partial charge on any atom is 0.275 e. The lowest BCUT2D eigenvalue weighted by atomic mass is 10.2. The monoisotopic (exact) mass is 395 g/mol. The van der Waals surface area contributed by atoms with Crippen molar-refractivity contribution in [2.75, 3.05) is 13.7 Å². The van der Waals surface area contributed by atoms with Crippen LogP contribution in [0.1, 0.15) is 29.9 Å². The van der Waals surface area contributed by atoms with Gasteiger partial charge in [-0.1, -0.05) is 36.4 Å². The van der Waals surface area contributed by atoms with E-state index >= 15 is 0 Å². The molecule has 3 rings (SSSR count). The van der Waals surface area contributed by atoms with E-state index in [1.165, 1.54) is 0 Å².